The van der Waals surface area contributed by atoms with E-state index in [2.05, 4.69) is 5.32 Å². The van der Waals surface area contributed by atoms with Gasteiger partial charge in [-0.1, -0.05) is 6.92 Å². The molecule has 1 aromatic heterocycles. The molecule has 1 aromatic rings. The number of hydrogen-bond donors (Lipinski definition) is 1. The smallest absolute Gasteiger partial charge is 0.395 e. The highest BCUT2D eigenvalue weighted by molar-refractivity contribution is 5.94. The molecule has 2 rings (SSSR count). The summed E-state index contributed by atoms with van der Waals surface area (Å²) in [4.78, 5) is 35.0. The van der Waals surface area contributed by atoms with Crippen LogP contribution < -0.4 is 5.32 Å². The monoisotopic (exact) mass is 295 g/mol. The number of carbonyl (C=O) groups excluding carboxylic acids is 2. The quantitative estimate of drug-likeness (QED) is 0.648. The molecule has 0 aromatic carbocycles. The molecule has 8 heteroatoms. The number of hydrogen-bond acceptors (Lipinski definition) is 5. The lowest BCUT2D eigenvalue weighted by Crippen LogP contribution is -2.56. The molecule has 0 radical (unpaired) electrons. The molecule has 1 N–H and O–H groups in total. The number of nitro groups is 1. The van der Waals surface area contributed by atoms with Gasteiger partial charge >= 0.3 is 5.88 Å². The standard InChI is InChI=1S/C13H17N3O5/c1-3-8(2)14-12(17)9-6-15(7-9)13(18)10-4-5-11(21-10)16(19)20/h4-5,8-9H,3,6-7H2,1-2H3,(H,14,17). The van der Waals surface area contributed by atoms with E-state index in [9.17, 15) is 19.7 Å². The highest BCUT2D eigenvalue weighted by atomic mass is 16.6. The van der Waals surface area contributed by atoms with Crippen LogP contribution in [-0.2, 0) is 4.79 Å². The van der Waals surface area contributed by atoms with Crippen LogP contribution in [0, 0.1) is 16.0 Å². The maximum Gasteiger partial charge on any atom is 0.433 e. The Kier molecular flexibility index (Phi) is 4.25. The SMILES string of the molecule is CCC(C)NC(=O)C1CN(C(=O)c2ccc([N+](=O)[O-])o2)C1. The normalized spacial score (nSPS) is 16.2. The fourth-order valence-corrected chi connectivity index (χ4v) is 1.97. The molecule has 0 bridgehead atoms. The predicted octanol–water partition coefficient (Wildman–Crippen LogP) is 1.17. The van der Waals surface area contributed by atoms with Crippen LogP contribution in [0.5, 0.6) is 0 Å². The number of likely N-dealkylation sites (tertiary alicyclic amines) is 1. The van der Waals surface area contributed by atoms with Crippen molar-refractivity contribution in [2.24, 2.45) is 5.92 Å². The Morgan fingerprint density at radius 2 is 2.19 bits per heavy atom. The van der Waals surface area contributed by atoms with Crippen LogP contribution in [0.2, 0.25) is 0 Å². The van der Waals surface area contributed by atoms with Gasteiger partial charge in [0.05, 0.1) is 12.0 Å². The van der Waals surface area contributed by atoms with Crippen molar-refractivity contribution in [3.05, 3.63) is 28.0 Å². The second-order valence-electron chi connectivity index (χ2n) is 5.12. The maximum atomic E-state index is 12.0. The van der Waals surface area contributed by atoms with Crippen LogP contribution >= 0.6 is 0 Å². The summed E-state index contributed by atoms with van der Waals surface area (Å²) in [5.41, 5.74) is 0. The van der Waals surface area contributed by atoms with Crippen molar-refractivity contribution in [2.75, 3.05) is 13.1 Å². The largest absolute Gasteiger partial charge is 0.433 e. The summed E-state index contributed by atoms with van der Waals surface area (Å²) in [5, 5.41) is 13.4. The fourth-order valence-electron chi connectivity index (χ4n) is 1.97. The topological polar surface area (TPSA) is 106 Å². The van der Waals surface area contributed by atoms with Gasteiger partial charge in [0.2, 0.25) is 5.91 Å². The molecule has 1 atom stereocenters. The second kappa shape index (κ2) is 5.94. The zero-order valence-corrected chi connectivity index (χ0v) is 11.9. The van der Waals surface area contributed by atoms with Crippen LogP contribution in [0.15, 0.2) is 16.5 Å². The van der Waals surface area contributed by atoms with E-state index in [0.717, 1.165) is 12.5 Å². The minimum Gasteiger partial charge on any atom is -0.395 e. The van der Waals surface area contributed by atoms with Crippen LogP contribution in [0.3, 0.4) is 0 Å². The van der Waals surface area contributed by atoms with Crippen molar-refractivity contribution in [1.82, 2.24) is 10.2 Å². The number of nitrogens with one attached hydrogen (secondary N) is 1. The third-order valence-corrected chi connectivity index (χ3v) is 3.52. The van der Waals surface area contributed by atoms with Gasteiger partial charge in [0.1, 0.15) is 4.92 Å². The molecular formula is C13H17N3O5. The molecule has 114 valence electrons. The molecule has 2 heterocycles. The summed E-state index contributed by atoms with van der Waals surface area (Å²) in [6.45, 7) is 4.50. The summed E-state index contributed by atoms with van der Waals surface area (Å²) < 4.78 is 4.85. The molecule has 1 aliphatic rings. The van der Waals surface area contributed by atoms with Gasteiger partial charge in [-0.3, -0.25) is 19.7 Å². The summed E-state index contributed by atoms with van der Waals surface area (Å²) in [7, 11) is 0. The molecular weight excluding hydrogens is 278 g/mol. The van der Waals surface area contributed by atoms with E-state index in [1.54, 1.807) is 0 Å². The molecule has 1 aliphatic heterocycles. The molecule has 0 aliphatic carbocycles. The third-order valence-electron chi connectivity index (χ3n) is 3.52. The fraction of sp³-hybridized carbons (Fsp3) is 0.538. The van der Waals surface area contributed by atoms with Crippen LogP contribution in [0.1, 0.15) is 30.8 Å². The first kappa shape index (κ1) is 15.0. The van der Waals surface area contributed by atoms with Crippen LogP contribution in [0.4, 0.5) is 5.88 Å². The van der Waals surface area contributed by atoms with Gasteiger partial charge in [-0.15, -0.1) is 0 Å². The van der Waals surface area contributed by atoms with E-state index >= 15 is 0 Å². The van der Waals surface area contributed by atoms with Crippen molar-refractivity contribution < 1.29 is 18.9 Å². The van der Waals surface area contributed by atoms with Crippen LogP contribution in [0.25, 0.3) is 0 Å². The van der Waals surface area contributed by atoms with E-state index < -0.39 is 16.7 Å². The van der Waals surface area contributed by atoms with E-state index in [-0.39, 0.29) is 23.6 Å². The first-order valence-electron chi connectivity index (χ1n) is 6.76. The minimum atomic E-state index is -0.699. The lowest BCUT2D eigenvalue weighted by Gasteiger charge is -2.38. The molecule has 0 saturated carbocycles. The van der Waals surface area contributed by atoms with Crippen LogP contribution in [-0.4, -0.2) is 40.8 Å². The highest BCUT2D eigenvalue weighted by Crippen LogP contribution is 2.22. The molecule has 21 heavy (non-hydrogen) atoms. The van der Waals surface area contributed by atoms with Gasteiger partial charge in [0.25, 0.3) is 5.91 Å². The first-order valence-corrected chi connectivity index (χ1v) is 6.76. The van der Waals surface area contributed by atoms with E-state index in [0.29, 0.717) is 13.1 Å². The molecule has 8 nitrogen and oxygen atoms in total. The Balaban J connectivity index is 1.87. The van der Waals surface area contributed by atoms with Crippen molar-refractivity contribution in [2.45, 2.75) is 26.3 Å². The number of amides is 2. The zero-order chi connectivity index (χ0) is 15.6. The number of carbonyl (C=O) groups is 2. The second-order valence-corrected chi connectivity index (χ2v) is 5.12. The average Bonchev–Trinajstić information content (AvgIpc) is 2.86. The van der Waals surface area contributed by atoms with E-state index in [1.165, 1.54) is 11.0 Å². The number of nitrogens with zero attached hydrogens (tertiary/aromatic N) is 2. The molecule has 0 spiro atoms. The maximum absolute atomic E-state index is 12.0. The summed E-state index contributed by atoms with van der Waals surface area (Å²) in [6.07, 6.45) is 0.844. The lowest BCUT2D eigenvalue weighted by atomic mass is 9.98. The Labute approximate surface area is 121 Å². The number of rotatable bonds is 5. The lowest BCUT2D eigenvalue weighted by molar-refractivity contribution is -0.402. The van der Waals surface area contributed by atoms with Crippen molar-refractivity contribution in [3.8, 4) is 0 Å². The van der Waals surface area contributed by atoms with Gasteiger partial charge in [0, 0.05) is 19.1 Å². The Hall–Kier alpha value is -2.38. The minimum absolute atomic E-state index is 0.0705. The average molecular weight is 295 g/mol. The predicted molar refractivity (Wildman–Crippen MR) is 72.7 cm³/mol. The van der Waals surface area contributed by atoms with Gasteiger partial charge in [-0.2, -0.15) is 0 Å². The van der Waals surface area contributed by atoms with Gasteiger partial charge in [-0.05, 0) is 19.4 Å². The number of furan rings is 1. The third kappa shape index (κ3) is 3.21. The molecule has 2 amide bonds. The highest BCUT2D eigenvalue weighted by Gasteiger charge is 2.37. The van der Waals surface area contributed by atoms with Crippen molar-refractivity contribution >= 4 is 17.7 Å². The summed E-state index contributed by atoms with van der Waals surface area (Å²) in [5.74, 6) is -1.28. The van der Waals surface area contributed by atoms with Crippen molar-refractivity contribution in [3.63, 3.8) is 0 Å². The Morgan fingerprint density at radius 1 is 1.52 bits per heavy atom. The first-order chi connectivity index (χ1) is 9.92. The Bertz CT molecular complexity index is 562. The van der Waals surface area contributed by atoms with Gasteiger partial charge < -0.3 is 14.6 Å². The van der Waals surface area contributed by atoms with E-state index in [1.807, 2.05) is 13.8 Å². The van der Waals surface area contributed by atoms with E-state index in [4.69, 9.17) is 4.42 Å². The molecule has 1 fully saturated rings. The zero-order valence-electron chi connectivity index (χ0n) is 11.9. The molecule has 1 unspecified atom stereocenters. The van der Waals surface area contributed by atoms with Gasteiger partial charge in [-0.25, -0.2) is 0 Å². The molecule has 1 saturated heterocycles. The Morgan fingerprint density at radius 3 is 2.71 bits per heavy atom. The summed E-state index contributed by atoms with van der Waals surface area (Å²) >= 11 is 0. The van der Waals surface area contributed by atoms with Crippen molar-refractivity contribution in [1.29, 1.82) is 0 Å². The summed E-state index contributed by atoms with van der Waals surface area (Å²) in [6, 6.07) is 2.52. The van der Waals surface area contributed by atoms with Gasteiger partial charge in [0.15, 0.2) is 5.76 Å².